The minimum atomic E-state index is -0.135. The molecule has 4 nitrogen and oxygen atoms in total. The number of hydrogen-bond donors (Lipinski definition) is 0. The highest BCUT2D eigenvalue weighted by atomic mass is 79.9. The van der Waals surface area contributed by atoms with Gasteiger partial charge in [0.15, 0.2) is 15.8 Å². The van der Waals surface area contributed by atoms with Crippen molar-refractivity contribution in [2.24, 2.45) is 0 Å². The van der Waals surface area contributed by atoms with Gasteiger partial charge in [0.1, 0.15) is 6.61 Å². The predicted octanol–water partition coefficient (Wildman–Crippen LogP) is 8.21. The number of carbonyl (C=O) groups is 1. The third-order valence-electron chi connectivity index (χ3n) is 6.34. The Morgan fingerprint density at radius 3 is 2.57 bits per heavy atom. The maximum absolute atomic E-state index is 13.3. The molecule has 0 saturated carbocycles. The second-order valence-electron chi connectivity index (χ2n) is 8.75. The zero-order valence-electron chi connectivity index (χ0n) is 20.6. The first-order valence-corrected chi connectivity index (χ1v) is 13.7. The number of aryl methyl sites for hydroxylation is 2. The lowest BCUT2D eigenvalue weighted by Crippen LogP contribution is -2.27. The van der Waals surface area contributed by atoms with Gasteiger partial charge in [-0.15, -0.1) is 0 Å². The van der Waals surface area contributed by atoms with Gasteiger partial charge in [0.25, 0.3) is 5.91 Å². The van der Waals surface area contributed by atoms with E-state index in [-0.39, 0.29) is 5.91 Å². The number of anilines is 1. The number of fused-ring (bicyclic) bond motifs is 1. The first kappa shape index (κ1) is 25.5. The van der Waals surface area contributed by atoms with Crippen molar-refractivity contribution in [3.63, 3.8) is 0 Å². The van der Waals surface area contributed by atoms with Crippen molar-refractivity contribution in [2.75, 3.05) is 12.0 Å². The van der Waals surface area contributed by atoms with Crippen LogP contribution in [0.15, 0.2) is 82.2 Å². The molecule has 0 bridgehead atoms. The van der Waals surface area contributed by atoms with Crippen LogP contribution >= 0.6 is 39.9 Å². The number of ether oxygens (including phenoxy) is 2. The monoisotopic (exact) mass is 589 g/mol. The van der Waals surface area contributed by atoms with E-state index < -0.39 is 0 Å². The van der Waals surface area contributed by atoms with Crippen molar-refractivity contribution >= 4 is 72.7 Å². The number of thioether (sulfide) groups is 1. The summed E-state index contributed by atoms with van der Waals surface area (Å²) < 4.78 is 13.1. The van der Waals surface area contributed by atoms with E-state index in [1.165, 1.54) is 22.7 Å². The third-order valence-corrected chi connectivity index (χ3v) is 8.24. The van der Waals surface area contributed by atoms with Gasteiger partial charge in [-0.1, -0.05) is 72.5 Å². The van der Waals surface area contributed by atoms with Crippen molar-refractivity contribution < 1.29 is 14.3 Å². The van der Waals surface area contributed by atoms with Crippen LogP contribution in [0, 0.1) is 13.8 Å². The largest absolute Gasteiger partial charge is 0.493 e. The van der Waals surface area contributed by atoms with E-state index >= 15 is 0 Å². The van der Waals surface area contributed by atoms with Gasteiger partial charge in [0, 0.05) is 0 Å². The zero-order valence-corrected chi connectivity index (χ0v) is 23.8. The van der Waals surface area contributed by atoms with Gasteiger partial charge < -0.3 is 9.47 Å². The molecule has 186 valence electrons. The SMILES string of the molecule is COc1cc(C=C2SC(=S)N(c3ccc(C)c(C)c3)C2=O)cc(Br)c1OCc1cccc2ccccc12. The molecule has 1 aliphatic rings. The Morgan fingerprint density at radius 1 is 1.00 bits per heavy atom. The number of benzene rings is 4. The van der Waals surface area contributed by atoms with E-state index in [4.69, 9.17) is 21.7 Å². The zero-order chi connectivity index (χ0) is 26.1. The molecule has 0 aromatic heterocycles. The summed E-state index contributed by atoms with van der Waals surface area (Å²) in [6.07, 6.45) is 1.84. The molecule has 7 heteroatoms. The molecular weight excluding hydrogens is 566 g/mol. The van der Waals surface area contributed by atoms with E-state index in [1.54, 1.807) is 12.0 Å². The van der Waals surface area contributed by atoms with Crippen LogP contribution in [0.2, 0.25) is 0 Å². The average molecular weight is 591 g/mol. The van der Waals surface area contributed by atoms with Crippen molar-refractivity contribution in [2.45, 2.75) is 20.5 Å². The molecule has 1 heterocycles. The molecule has 0 radical (unpaired) electrons. The molecule has 0 N–H and O–H groups in total. The fourth-order valence-electron chi connectivity index (χ4n) is 4.24. The summed E-state index contributed by atoms with van der Waals surface area (Å²) in [4.78, 5) is 15.4. The van der Waals surface area contributed by atoms with E-state index in [2.05, 4.69) is 40.2 Å². The quantitative estimate of drug-likeness (QED) is 0.167. The van der Waals surface area contributed by atoms with Crippen LogP contribution in [-0.2, 0) is 11.4 Å². The molecule has 37 heavy (non-hydrogen) atoms. The molecule has 5 rings (SSSR count). The Bertz CT molecular complexity index is 1580. The van der Waals surface area contributed by atoms with Crippen molar-refractivity contribution in [1.29, 1.82) is 0 Å². The standard InChI is InChI=1S/C30H24BrNO3S2/c1-18-11-12-23(13-19(18)2)32-29(33)27(37-30(32)36)16-20-14-25(31)28(26(15-20)34-3)35-17-22-9-6-8-21-7-4-5-10-24(21)22/h4-16H,17H2,1-3H3. The number of hydrogen-bond acceptors (Lipinski definition) is 5. The predicted molar refractivity (Wildman–Crippen MR) is 161 cm³/mol. The Hall–Kier alpha value is -3.13. The van der Waals surface area contributed by atoms with Gasteiger partial charge in [0.2, 0.25) is 0 Å². The number of methoxy groups -OCH3 is 1. The number of carbonyl (C=O) groups excluding carboxylic acids is 1. The van der Waals surface area contributed by atoms with Crippen LogP contribution in [0.3, 0.4) is 0 Å². The molecule has 0 aliphatic carbocycles. The van der Waals surface area contributed by atoms with E-state index in [0.29, 0.717) is 27.3 Å². The lowest BCUT2D eigenvalue weighted by atomic mass is 10.1. The molecule has 0 unspecified atom stereocenters. The summed E-state index contributed by atoms with van der Waals surface area (Å²) in [5.41, 5.74) is 4.96. The molecule has 0 atom stereocenters. The number of rotatable bonds is 6. The highest BCUT2D eigenvalue weighted by Gasteiger charge is 2.33. The summed E-state index contributed by atoms with van der Waals surface area (Å²) in [6.45, 7) is 4.47. The Morgan fingerprint density at radius 2 is 1.78 bits per heavy atom. The van der Waals surface area contributed by atoms with Crippen LogP contribution in [0.1, 0.15) is 22.3 Å². The third kappa shape index (κ3) is 5.17. The van der Waals surface area contributed by atoms with Crippen LogP contribution in [-0.4, -0.2) is 17.3 Å². The molecule has 1 saturated heterocycles. The topological polar surface area (TPSA) is 38.8 Å². The second kappa shape index (κ2) is 10.7. The van der Waals surface area contributed by atoms with Crippen molar-refractivity contribution in [3.05, 3.63) is 104 Å². The lowest BCUT2D eigenvalue weighted by molar-refractivity contribution is -0.113. The minimum absolute atomic E-state index is 0.135. The van der Waals surface area contributed by atoms with Crippen LogP contribution in [0.5, 0.6) is 11.5 Å². The summed E-state index contributed by atoms with van der Waals surface area (Å²) in [5.74, 6) is 1.05. The van der Waals surface area contributed by atoms with Gasteiger partial charge in [-0.3, -0.25) is 9.69 Å². The lowest BCUT2D eigenvalue weighted by Gasteiger charge is -2.16. The summed E-state index contributed by atoms with van der Waals surface area (Å²) in [7, 11) is 1.61. The van der Waals surface area contributed by atoms with Crippen molar-refractivity contribution in [1.82, 2.24) is 0 Å². The highest BCUT2D eigenvalue weighted by Crippen LogP contribution is 2.41. The fourth-order valence-corrected chi connectivity index (χ4v) is 6.11. The molecule has 1 aliphatic heterocycles. The number of nitrogens with zero attached hydrogens (tertiary/aromatic N) is 1. The first-order chi connectivity index (χ1) is 17.9. The normalized spacial score (nSPS) is 14.6. The van der Waals surface area contributed by atoms with Crippen molar-refractivity contribution in [3.8, 4) is 11.5 Å². The summed E-state index contributed by atoms with van der Waals surface area (Å²) in [5, 5.41) is 2.32. The molecule has 0 spiro atoms. The minimum Gasteiger partial charge on any atom is -0.493 e. The second-order valence-corrected chi connectivity index (χ2v) is 11.3. The summed E-state index contributed by atoms with van der Waals surface area (Å²) >= 11 is 10.5. The van der Waals surface area contributed by atoms with Gasteiger partial charge in [0.05, 0.1) is 22.2 Å². The van der Waals surface area contributed by atoms with Gasteiger partial charge in [-0.25, -0.2) is 0 Å². The van der Waals surface area contributed by atoms with Crippen LogP contribution in [0.4, 0.5) is 5.69 Å². The van der Waals surface area contributed by atoms with Gasteiger partial charge >= 0.3 is 0 Å². The first-order valence-electron chi connectivity index (χ1n) is 11.7. The van der Waals surface area contributed by atoms with Gasteiger partial charge in [-0.2, -0.15) is 0 Å². The van der Waals surface area contributed by atoms with E-state index in [1.807, 2.05) is 68.5 Å². The number of amides is 1. The molecule has 1 amide bonds. The molecule has 4 aromatic rings. The van der Waals surface area contributed by atoms with E-state index in [0.717, 1.165) is 32.2 Å². The number of halogens is 1. The Labute approximate surface area is 234 Å². The maximum atomic E-state index is 13.3. The molecule has 1 fully saturated rings. The Balaban J connectivity index is 1.40. The van der Waals surface area contributed by atoms with E-state index in [9.17, 15) is 4.79 Å². The fraction of sp³-hybridized carbons (Fsp3) is 0.133. The maximum Gasteiger partial charge on any atom is 0.270 e. The summed E-state index contributed by atoms with van der Waals surface area (Å²) in [6, 6.07) is 24.1. The smallest absolute Gasteiger partial charge is 0.270 e. The molecule has 4 aromatic carbocycles. The Kier molecular flexibility index (Phi) is 7.38. The van der Waals surface area contributed by atoms with Crippen LogP contribution in [0.25, 0.3) is 16.8 Å². The number of thiocarbonyl (C=S) groups is 1. The average Bonchev–Trinajstić information content (AvgIpc) is 3.17. The van der Waals surface area contributed by atoms with Crippen LogP contribution < -0.4 is 14.4 Å². The highest BCUT2D eigenvalue weighted by molar-refractivity contribution is 9.10. The molecular formula is C30H24BrNO3S2. The van der Waals surface area contributed by atoms with Gasteiger partial charge in [-0.05, 0) is 93.1 Å².